The van der Waals surface area contributed by atoms with Gasteiger partial charge >= 0.3 is 0 Å². The predicted molar refractivity (Wildman–Crippen MR) is 78.5 cm³/mol. The molecule has 4 nitrogen and oxygen atoms in total. The number of nitrogens with two attached hydrogens (primary N) is 1. The average molecular weight is 284 g/mol. The van der Waals surface area contributed by atoms with Gasteiger partial charge in [-0.2, -0.15) is 0 Å². The Hall–Kier alpha value is -0.840. The fraction of sp³-hybridized carbons (Fsp3) is 0.643. The summed E-state index contributed by atoms with van der Waals surface area (Å²) in [4.78, 5) is 4.18. The molecule has 0 atom stereocenters. The third-order valence-corrected chi connectivity index (χ3v) is 3.75. The first-order chi connectivity index (χ1) is 9.25. The third kappa shape index (κ3) is 4.97. The average Bonchev–Trinajstić information content (AvgIpc) is 2.42. The van der Waals surface area contributed by atoms with Crippen molar-refractivity contribution in [1.29, 1.82) is 0 Å². The molecule has 106 valence electrons. The lowest BCUT2D eigenvalue weighted by molar-refractivity contribution is 0.0251. The van der Waals surface area contributed by atoms with Crippen LogP contribution in [0.4, 0.5) is 5.82 Å². The van der Waals surface area contributed by atoms with Gasteiger partial charge in [0.1, 0.15) is 5.82 Å². The Kier molecular flexibility index (Phi) is 5.89. The maximum atomic E-state index is 6.00. The highest BCUT2D eigenvalue weighted by molar-refractivity contribution is 6.32. The first-order valence-corrected chi connectivity index (χ1v) is 7.35. The maximum absolute atomic E-state index is 6.00. The Morgan fingerprint density at radius 2 is 2.16 bits per heavy atom. The number of ether oxygens (including phenoxy) is 1. The van der Waals surface area contributed by atoms with E-state index in [9.17, 15) is 0 Å². The molecule has 0 unspecified atom stereocenters. The van der Waals surface area contributed by atoms with E-state index in [4.69, 9.17) is 22.1 Å². The molecular weight excluding hydrogens is 262 g/mol. The molecule has 0 bridgehead atoms. The molecule has 19 heavy (non-hydrogen) atoms. The van der Waals surface area contributed by atoms with Crippen LogP contribution in [0.25, 0.3) is 0 Å². The molecule has 1 aliphatic rings. The summed E-state index contributed by atoms with van der Waals surface area (Å²) >= 11 is 6.00. The summed E-state index contributed by atoms with van der Waals surface area (Å²) in [7, 11) is 0. The van der Waals surface area contributed by atoms with E-state index in [0.29, 0.717) is 17.2 Å². The summed E-state index contributed by atoms with van der Waals surface area (Å²) in [5.41, 5.74) is 5.87. The highest BCUT2D eigenvalue weighted by Crippen LogP contribution is 2.20. The second kappa shape index (κ2) is 7.68. The van der Waals surface area contributed by atoms with Crippen LogP contribution in [0, 0.1) is 0 Å². The molecule has 0 radical (unpaired) electrons. The van der Waals surface area contributed by atoms with Gasteiger partial charge in [-0.1, -0.05) is 11.6 Å². The highest BCUT2D eigenvalue weighted by atomic mass is 35.5. The molecule has 1 aliphatic carbocycles. The van der Waals surface area contributed by atoms with Gasteiger partial charge in [0.15, 0.2) is 0 Å². The molecule has 3 N–H and O–H groups in total. The van der Waals surface area contributed by atoms with E-state index in [1.54, 1.807) is 6.20 Å². The lowest BCUT2D eigenvalue weighted by Crippen LogP contribution is -2.30. The van der Waals surface area contributed by atoms with Crippen LogP contribution < -0.4 is 11.1 Å². The van der Waals surface area contributed by atoms with E-state index in [2.05, 4.69) is 10.3 Å². The number of hydrogen-bond donors (Lipinski definition) is 2. The summed E-state index contributed by atoms with van der Waals surface area (Å²) < 4.78 is 5.85. The van der Waals surface area contributed by atoms with Crippen molar-refractivity contribution in [3.63, 3.8) is 0 Å². The minimum atomic E-state index is 0.382. The molecule has 1 saturated carbocycles. The molecule has 0 amide bonds. The quantitative estimate of drug-likeness (QED) is 0.788. The van der Waals surface area contributed by atoms with Gasteiger partial charge in [-0.25, -0.2) is 4.98 Å². The Bertz CT molecular complexity index is 381. The lowest BCUT2D eigenvalue weighted by Gasteiger charge is -2.26. The largest absolute Gasteiger partial charge is 0.378 e. The van der Waals surface area contributed by atoms with E-state index in [-0.39, 0.29) is 0 Å². The zero-order valence-electron chi connectivity index (χ0n) is 11.1. The molecule has 2 rings (SSSR count). The van der Waals surface area contributed by atoms with E-state index < -0.39 is 0 Å². The second-order valence-electron chi connectivity index (χ2n) is 5.02. The Morgan fingerprint density at radius 3 is 2.89 bits per heavy atom. The van der Waals surface area contributed by atoms with Crippen molar-refractivity contribution < 1.29 is 4.74 Å². The van der Waals surface area contributed by atoms with Crippen molar-refractivity contribution in [2.75, 3.05) is 18.5 Å². The van der Waals surface area contributed by atoms with Crippen molar-refractivity contribution in [3.8, 4) is 0 Å². The zero-order chi connectivity index (χ0) is 13.5. The van der Waals surface area contributed by atoms with Gasteiger partial charge in [-0.05, 0) is 44.2 Å². The molecule has 5 heteroatoms. The van der Waals surface area contributed by atoms with Gasteiger partial charge in [0.2, 0.25) is 0 Å². The molecule has 1 heterocycles. The van der Waals surface area contributed by atoms with Gasteiger partial charge in [0, 0.05) is 25.4 Å². The number of nitrogens with one attached hydrogen (secondary N) is 1. The van der Waals surface area contributed by atoms with Crippen molar-refractivity contribution in [2.24, 2.45) is 5.73 Å². The fourth-order valence-corrected chi connectivity index (χ4v) is 2.49. The van der Waals surface area contributed by atoms with E-state index in [1.807, 2.05) is 12.1 Å². The smallest absolute Gasteiger partial charge is 0.144 e. The zero-order valence-corrected chi connectivity index (χ0v) is 11.9. The Balaban J connectivity index is 1.56. The van der Waals surface area contributed by atoms with Crippen LogP contribution in [-0.4, -0.2) is 30.3 Å². The van der Waals surface area contributed by atoms with Gasteiger partial charge in [-0.15, -0.1) is 0 Å². The van der Waals surface area contributed by atoms with Gasteiger partial charge in [0.25, 0.3) is 0 Å². The Morgan fingerprint density at radius 1 is 1.37 bits per heavy atom. The summed E-state index contributed by atoms with van der Waals surface area (Å²) in [6, 6.07) is 4.04. The minimum absolute atomic E-state index is 0.382. The SMILES string of the molecule is NC1CCC(OCCCNc2ncccc2Cl)CC1. The van der Waals surface area contributed by atoms with Crippen LogP contribution in [0.15, 0.2) is 18.3 Å². The van der Waals surface area contributed by atoms with E-state index >= 15 is 0 Å². The normalized spacial score (nSPS) is 23.3. The molecule has 0 spiro atoms. The molecule has 1 aromatic rings. The van der Waals surface area contributed by atoms with Crippen LogP contribution in [0.5, 0.6) is 0 Å². The summed E-state index contributed by atoms with van der Waals surface area (Å²) in [5.74, 6) is 0.743. The minimum Gasteiger partial charge on any atom is -0.378 e. The predicted octanol–water partition coefficient (Wildman–Crippen LogP) is 2.82. The van der Waals surface area contributed by atoms with Crippen molar-refractivity contribution >= 4 is 17.4 Å². The van der Waals surface area contributed by atoms with Crippen molar-refractivity contribution in [1.82, 2.24) is 4.98 Å². The molecule has 0 aliphatic heterocycles. The monoisotopic (exact) mass is 283 g/mol. The first-order valence-electron chi connectivity index (χ1n) is 6.97. The number of pyridine rings is 1. The maximum Gasteiger partial charge on any atom is 0.144 e. The summed E-state index contributed by atoms with van der Waals surface area (Å²) in [6.45, 7) is 1.60. The summed E-state index contributed by atoms with van der Waals surface area (Å²) in [5, 5.41) is 3.87. The number of halogens is 1. The third-order valence-electron chi connectivity index (χ3n) is 3.44. The molecule has 0 saturated heterocycles. The van der Waals surface area contributed by atoms with Gasteiger partial charge in [-0.3, -0.25) is 0 Å². The highest BCUT2D eigenvalue weighted by Gasteiger charge is 2.18. The van der Waals surface area contributed by atoms with Gasteiger partial charge < -0.3 is 15.8 Å². The molecule has 1 aromatic heterocycles. The van der Waals surface area contributed by atoms with Crippen LogP contribution in [0.1, 0.15) is 32.1 Å². The Labute approximate surface area is 119 Å². The van der Waals surface area contributed by atoms with E-state index in [1.165, 1.54) is 0 Å². The van der Waals surface area contributed by atoms with Crippen molar-refractivity contribution in [3.05, 3.63) is 23.4 Å². The van der Waals surface area contributed by atoms with Crippen LogP contribution in [0.2, 0.25) is 5.02 Å². The molecule has 1 fully saturated rings. The molecule has 0 aromatic carbocycles. The number of anilines is 1. The first kappa shape index (κ1) is 14.6. The second-order valence-corrected chi connectivity index (χ2v) is 5.43. The van der Waals surface area contributed by atoms with Crippen LogP contribution in [0.3, 0.4) is 0 Å². The molecular formula is C14H22ClN3O. The standard InChI is InChI=1S/C14H22ClN3O/c15-13-3-1-8-17-14(13)18-9-2-10-19-12-6-4-11(16)5-7-12/h1,3,8,11-12H,2,4-7,9-10,16H2,(H,17,18). The van der Waals surface area contributed by atoms with Crippen LogP contribution >= 0.6 is 11.6 Å². The van der Waals surface area contributed by atoms with Gasteiger partial charge in [0.05, 0.1) is 11.1 Å². The van der Waals surface area contributed by atoms with E-state index in [0.717, 1.165) is 51.1 Å². The lowest BCUT2D eigenvalue weighted by atomic mass is 9.94. The topological polar surface area (TPSA) is 60.2 Å². The number of rotatable bonds is 6. The van der Waals surface area contributed by atoms with Crippen molar-refractivity contribution in [2.45, 2.75) is 44.2 Å². The summed E-state index contributed by atoms with van der Waals surface area (Å²) in [6.07, 6.45) is 7.46. The number of hydrogen-bond acceptors (Lipinski definition) is 4. The fourth-order valence-electron chi connectivity index (χ4n) is 2.30. The number of nitrogens with zero attached hydrogens (tertiary/aromatic N) is 1. The van der Waals surface area contributed by atoms with Crippen LogP contribution in [-0.2, 0) is 4.74 Å². The number of aromatic nitrogens is 1.